The highest BCUT2D eigenvalue weighted by atomic mass is 16.3. The van der Waals surface area contributed by atoms with Gasteiger partial charge >= 0.3 is 0 Å². The Bertz CT molecular complexity index is 403. The summed E-state index contributed by atoms with van der Waals surface area (Å²) in [5.41, 5.74) is 1.77. The molecular formula is C15H24N2O2. The molecule has 3 N–H and O–H groups in total. The summed E-state index contributed by atoms with van der Waals surface area (Å²) >= 11 is 0. The van der Waals surface area contributed by atoms with Crippen molar-refractivity contribution in [3.63, 3.8) is 0 Å². The van der Waals surface area contributed by atoms with Crippen LogP contribution in [0.25, 0.3) is 0 Å². The van der Waals surface area contributed by atoms with E-state index in [0.717, 1.165) is 17.7 Å². The lowest BCUT2D eigenvalue weighted by atomic mass is 9.95. The van der Waals surface area contributed by atoms with Crippen molar-refractivity contribution in [2.75, 3.05) is 18.5 Å². The summed E-state index contributed by atoms with van der Waals surface area (Å²) in [6, 6.07) is 7.70. The Labute approximate surface area is 115 Å². The molecule has 0 heterocycles. The molecule has 0 aromatic heterocycles. The van der Waals surface area contributed by atoms with E-state index >= 15 is 0 Å². The van der Waals surface area contributed by atoms with Gasteiger partial charge in [0.05, 0.1) is 6.54 Å². The molecule has 0 saturated heterocycles. The van der Waals surface area contributed by atoms with Crippen LogP contribution in [0.3, 0.4) is 0 Å². The molecular weight excluding hydrogens is 240 g/mol. The number of hydrogen-bond donors (Lipinski definition) is 3. The quantitative estimate of drug-likeness (QED) is 0.706. The van der Waals surface area contributed by atoms with Gasteiger partial charge in [-0.2, -0.15) is 0 Å². The lowest BCUT2D eigenvalue weighted by Crippen LogP contribution is -2.46. The molecule has 0 aliphatic carbocycles. The van der Waals surface area contributed by atoms with E-state index in [1.807, 2.05) is 45.0 Å². The van der Waals surface area contributed by atoms with Crippen LogP contribution in [0.4, 0.5) is 5.69 Å². The minimum Gasteiger partial charge on any atom is -0.396 e. The van der Waals surface area contributed by atoms with E-state index in [1.54, 1.807) is 0 Å². The van der Waals surface area contributed by atoms with Crippen molar-refractivity contribution in [1.29, 1.82) is 0 Å². The minimum absolute atomic E-state index is 0.0681. The second kappa shape index (κ2) is 7.26. The van der Waals surface area contributed by atoms with Crippen LogP contribution in [0.1, 0.15) is 32.3 Å². The summed E-state index contributed by atoms with van der Waals surface area (Å²) in [5.74, 6) is -0.0681. The maximum Gasteiger partial charge on any atom is 0.238 e. The molecule has 0 saturated carbocycles. The van der Waals surface area contributed by atoms with Crippen molar-refractivity contribution < 1.29 is 9.90 Å². The Hall–Kier alpha value is -1.39. The number of nitrogens with one attached hydrogen (secondary N) is 2. The predicted molar refractivity (Wildman–Crippen MR) is 78.2 cm³/mol. The Morgan fingerprint density at radius 2 is 1.95 bits per heavy atom. The third kappa shape index (κ3) is 5.41. The van der Waals surface area contributed by atoms with E-state index in [4.69, 9.17) is 5.11 Å². The van der Waals surface area contributed by atoms with Crippen LogP contribution in [0.15, 0.2) is 24.3 Å². The van der Waals surface area contributed by atoms with Crippen LogP contribution >= 0.6 is 0 Å². The van der Waals surface area contributed by atoms with Crippen LogP contribution in [-0.4, -0.2) is 29.7 Å². The van der Waals surface area contributed by atoms with Crippen molar-refractivity contribution in [3.8, 4) is 0 Å². The van der Waals surface area contributed by atoms with Crippen LogP contribution in [0.2, 0.25) is 0 Å². The van der Waals surface area contributed by atoms with Gasteiger partial charge in [-0.3, -0.25) is 4.79 Å². The van der Waals surface area contributed by atoms with Gasteiger partial charge in [0.2, 0.25) is 5.91 Å². The Morgan fingerprint density at radius 3 is 2.47 bits per heavy atom. The molecule has 1 aromatic rings. The number of hydrogen-bond acceptors (Lipinski definition) is 3. The van der Waals surface area contributed by atoms with Crippen molar-refractivity contribution in [1.82, 2.24) is 5.32 Å². The highest BCUT2D eigenvalue weighted by molar-refractivity contribution is 5.92. The van der Waals surface area contributed by atoms with E-state index in [9.17, 15) is 4.79 Å². The lowest BCUT2D eigenvalue weighted by molar-refractivity contribution is -0.115. The zero-order valence-corrected chi connectivity index (χ0v) is 12.0. The topological polar surface area (TPSA) is 61.4 Å². The molecule has 0 spiro atoms. The molecule has 19 heavy (non-hydrogen) atoms. The van der Waals surface area contributed by atoms with Gasteiger partial charge in [-0.25, -0.2) is 0 Å². The molecule has 4 nitrogen and oxygen atoms in total. The summed E-state index contributed by atoms with van der Waals surface area (Å²) in [7, 11) is 0. The minimum atomic E-state index is -0.195. The summed E-state index contributed by atoms with van der Waals surface area (Å²) in [6.07, 6.45) is 1.51. The van der Waals surface area contributed by atoms with Crippen molar-refractivity contribution >= 4 is 11.6 Å². The van der Waals surface area contributed by atoms with E-state index in [1.165, 1.54) is 0 Å². The lowest BCUT2D eigenvalue weighted by Gasteiger charge is -2.28. The molecule has 0 fully saturated rings. The van der Waals surface area contributed by atoms with Gasteiger partial charge in [-0.05, 0) is 38.8 Å². The highest BCUT2D eigenvalue weighted by Gasteiger charge is 2.21. The Kier molecular flexibility index (Phi) is 5.99. The van der Waals surface area contributed by atoms with Gasteiger partial charge in [0, 0.05) is 17.8 Å². The van der Waals surface area contributed by atoms with Crippen molar-refractivity contribution in [2.24, 2.45) is 0 Å². The maximum absolute atomic E-state index is 11.8. The average molecular weight is 264 g/mol. The second-order valence-corrected chi connectivity index (χ2v) is 5.16. The number of amides is 1. The summed E-state index contributed by atoms with van der Waals surface area (Å²) < 4.78 is 0. The van der Waals surface area contributed by atoms with E-state index < -0.39 is 0 Å². The third-order valence-electron chi connectivity index (χ3n) is 3.45. The van der Waals surface area contributed by atoms with Crippen LogP contribution in [0, 0.1) is 6.92 Å². The molecule has 1 atom stereocenters. The zero-order valence-electron chi connectivity index (χ0n) is 12.0. The SMILES string of the molecule is CCC(C)(CCO)NCC(=O)Nc1ccc(C)cc1. The fraction of sp³-hybridized carbons (Fsp3) is 0.533. The van der Waals surface area contributed by atoms with Crippen LogP contribution in [0.5, 0.6) is 0 Å². The van der Waals surface area contributed by atoms with Gasteiger partial charge in [-0.1, -0.05) is 24.6 Å². The monoisotopic (exact) mass is 264 g/mol. The summed E-state index contributed by atoms with van der Waals surface area (Å²) in [4.78, 5) is 11.8. The van der Waals surface area contributed by atoms with Gasteiger partial charge < -0.3 is 15.7 Å². The highest BCUT2D eigenvalue weighted by Crippen LogP contribution is 2.13. The molecule has 1 rings (SSSR count). The molecule has 1 aromatic carbocycles. The number of rotatable bonds is 7. The predicted octanol–water partition coefficient (Wildman–Crippen LogP) is 2.07. The van der Waals surface area contributed by atoms with E-state index in [0.29, 0.717) is 6.42 Å². The van der Waals surface area contributed by atoms with Gasteiger partial charge in [0.1, 0.15) is 0 Å². The Balaban J connectivity index is 2.45. The van der Waals surface area contributed by atoms with E-state index in [-0.39, 0.29) is 24.6 Å². The van der Waals surface area contributed by atoms with Crippen molar-refractivity contribution in [2.45, 2.75) is 39.2 Å². The number of anilines is 1. The normalized spacial score (nSPS) is 13.9. The van der Waals surface area contributed by atoms with Gasteiger partial charge in [0.15, 0.2) is 0 Å². The molecule has 106 valence electrons. The molecule has 0 aliphatic rings. The van der Waals surface area contributed by atoms with Crippen LogP contribution < -0.4 is 10.6 Å². The summed E-state index contributed by atoms with van der Waals surface area (Å²) in [5, 5.41) is 15.1. The molecule has 0 radical (unpaired) electrons. The fourth-order valence-electron chi connectivity index (χ4n) is 1.77. The molecule has 0 bridgehead atoms. The number of carbonyl (C=O) groups excluding carboxylic acids is 1. The first-order valence-corrected chi connectivity index (χ1v) is 6.71. The Morgan fingerprint density at radius 1 is 1.32 bits per heavy atom. The molecule has 1 amide bonds. The van der Waals surface area contributed by atoms with Gasteiger partial charge in [0.25, 0.3) is 0 Å². The largest absolute Gasteiger partial charge is 0.396 e. The zero-order chi connectivity index (χ0) is 14.3. The number of aryl methyl sites for hydroxylation is 1. The first-order valence-electron chi connectivity index (χ1n) is 6.71. The second-order valence-electron chi connectivity index (χ2n) is 5.16. The van der Waals surface area contributed by atoms with Crippen molar-refractivity contribution in [3.05, 3.63) is 29.8 Å². The van der Waals surface area contributed by atoms with Crippen LogP contribution in [-0.2, 0) is 4.79 Å². The molecule has 1 unspecified atom stereocenters. The van der Waals surface area contributed by atoms with E-state index in [2.05, 4.69) is 10.6 Å². The molecule has 4 heteroatoms. The number of carbonyl (C=O) groups is 1. The number of benzene rings is 1. The standard InChI is InChI=1S/C15H24N2O2/c1-4-15(3,9-10-18)16-11-14(19)17-13-7-5-12(2)6-8-13/h5-8,16,18H,4,9-11H2,1-3H3,(H,17,19). The third-order valence-corrected chi connectivity index (χ3v) is 3.45. The first kappa shape index (κ1) is 15.7. The first-order chi connectivity index (χ1) is 8.99. The fourth-order valence-corrected chi connectivity index (χ4v) is 1.77. The average Bonchev–Trinajstić information content (AvgIpc) is 2.40. The molecule has 0 aliphatic heterocycles. The van der Waals surface area contributed by atoms with Gasteiger partial charge in [-0.15, -0.1) is 0 Å². The number of aliphatic hydroxyl groups is 1. The summed E-state index contributed by atoms with van der Waals surface area (Å²) in [6.45, 7) is 6.44. The smallest absolute Gasteiger partial charge is 0.238 e. The number of aliphatic hydroxyl groups excluding tert-OH is 1. The maximum atomic E-state index is 11.8.